The number of methoxy groups -OCH3 is 1. The van der Waals surface area contributed by atoms with Gasteiger partial charge in [-0.25, -0.2) is 14.8 Å². The van der Waals surface area contributed by atoms with Gasteiger partial charge in [0.05, 0.1) is 30.4 Å². The molecule has 2 N–H and O–H groups in total. The molecule has 3 aromatic carbocycles. The summed E-state index contributed by atoms with van der Waals surface area (Å²) in [6, 6.07) is 20.4. The maximum Gasteiger partial charge on any atom is 0.201 e. The summed E-state index contributed by atoms with van der Waals surface area (Å²) in [6.07, 6.45) is 4.17. The molecule has 0 unspecified atom stereocenters. The van der Waals surface area contributed by atoms with Crippen molar-refractivity contribution in [1.29, 1.82) is 0 Å². The molecule has 0 amide bonds. The van der Waals surface area contributed by atoms with E-state index in [1.54, 1.807) is 7.11 Å². The lowest BCUT2D eigenvalue weighted by atomic mass is 9.58. The number of ether oxygens (including phenoxy) is 4. The van der Waals surface area contributed by atoms with Crippen LogP contribution in [0.2, 0.25) is 5.02 Å². The standard InChI is InChI=1S/C40H48ClN3O6/c1-24-6-14-33-25(2)37(47-38-40(33)32(24)16-17-39(3,48-38)49-50-40)46-23-27-9-7-26(8-10-27)22-42-18-5-19-43-36-30-13-11-28(41)20-35(30)44-34-15-12-29(45-4)21-31(34)36/h7-13,15,20-21,24-25,32-33,37-38,42H,5-6,14,16-19,22-23H2,1-4H3,(H,43,44)/t24-,25-,32+,33+,37+,38-,39-,40-/m1/s1. The van der Waals surface area contributed by atoms with Gasteiger partial charge in [0, 0.05) is 47.1 Å². The molecule has 5 heterocycles. The van der Waals surface area contributed by atoms with Crippen LogP contribution in [0.1, 0.15) is 64.0 Å². The molecule has 10 heteroatoms. The smallest absolute Gasteiger partial charge is 0.201 e. The van der Waals surface area contributed by atoms with Gasteiger partial charge < -0.3 is 29.6 Å². The lowest BCUT2D eigenvalue weighted by Gasteiger charge is -2.60. The van der Waals surface area contributed by atoms with Crippen molar-refractivity contribution in [2.75, 3.05) is 25.5 Å². The number of fused-ring (bicyclic) bond motifs is 4. The summed E-state index contributed by atoms with van der Waals surface area (Å²) < 4.78 is 25.0. The average molecular weight is 702 g/mol. The molecule has 9 rings (SSSR count). The van der Waals surface area contributed by atoms with Crippen molar-refractivity contribution < 1.29 is 28.7 Å². The normalized spacial score (nSPS) is 31.8. The highest BCUT2D eigenvalue weighted by molar-refractivity contribution is 6.31. The van der Waals surface area contributed by atoms with Crippen molar-refractivity contribution in [3.05, 3.63) is 76.8 Å². The zero-order valence-electron chi connectivity index (χ0n) is 29.4. The molecule has 4 aliphatic heterocycles. The summed E-state index contributed by atoms with van der Waals surface area (Å²) in [5, 5.41) is 10.0. The van der Waals surface area contributed by atoms with E-state index in [0.29, 0.717) is 23.5 Å². The maximum absolute atomic E-state index is 6.59. The number of aromatic nitrogens is 1. The summed E-state index contributed by atoms with van der Waals surface area (Å²) >= 11 is 6.29. The number of benzene rings is 3. The van der Waals surface area contributed by atoms with E-state index < -0.39 is 17.7 Å². The Morgan fingerprint density at radius 1 is 0.900 bits per heavy atom. The highest BCUT2D eigenvalue weighted by Gasteiger charge is 2.69. The van der Waals surface area contributed by atoms with Gasteiger partial charge in [0.15, 0.2) is 18.2 Å². The van der Waals surface area contributed by atoms with Gasteiger partial charge in [-0.1, -0.05) is 49.7 Å². The zero-order chi connectivity index (χ0) is 34.5. The topological polar surface area (TPSA) is 92.3 Å². The van der Waals surface area contributed by atoms with Gasteiger partial charge in [-0.15, -0.1) is 0 Å². The minimum atomic E-state index is -0.781. The predicted molar refractivity (Wildman–Crippen MR) is 194 cm³/mol. The minimum Gasteiger partial charge on any atom is -0.497 e. The number of nitrogens with zero attached hydrogens (tertiary/aromatic N) is 1. The molecule has 50 heavy (non-hydrogen) atoms. The van der Waals surface area contributed by atoms with Crippen molar-refractivity contribution in [3.8, 4) is 5.75 Å². The number of pyridine rings is 1. The van der Waals surface area contributed by atoms with Crippen LogP contribution in [0.4, 0.5) is 5.69 Å². The fourth-order valence-electron chi connectivity index (χ4n) is 8.87. The molecule has 1 aromatic heterocycles. The Labute approximate surface area is 299 Å². The van der Waals surface area contributed by atoms with E-state index >= 15 is 0 Å². The lowest BCUT2D eigenvalue weighted by molar-refractivity contribution is -0.577. The fraction of sp³-hybridized carbons (Fsp3) is 0.525. The predicted octanol–water partition coefficient (Wildman–Crippen LogP) is 8.37. The van der Waals surface area contributed by atoms with Crippen molar-refractivity contribution in [2.24, 2.45) is 23.7 Å². The Kier molecular flexibility index (Phi) is 9.44. The van der Waals surface area contributed by atoms with Gasteiger partial charge in [0.2, 0.25) is 5.79 Å². The Morgan fingerprint density at radius 3 is 2.58 bits per heavy atom. The minimum absolute atomic E-state index is 0.159. The summed E-state index contributed by atoms with van der Waals surface area (Å²) in [5.41, 5.74) is 4.61. The molecule has 5 fully saturated rings. The molecular weight excluding hydrogens is 654 g/mol. The molecular formula is C40H48ClN3O6. The number of halogens is 1. The van der Waals surface area contributed by atoms with Crippen molar-refractivity contribution in [3.63, 3.8) is 0 Å². The molecule has 2 bridgehead atoms. The maximum atomic E-state index is 6.59. The quantitative estimate of drug-likeness (QED) is 0.0909. The Balaban J connectivity index is 0.834. The number of nitrogens with one attached hydrogen (secondary N) is 2. The van der Waals surface area contributed by atoms with Crippen LogP contribution < -0.4 is 15.4 Å². The highest BCUT2D eigenvalue weighted by atomic mass is 35.5. The molecule has 1 saturated carbocycles. The zero-order valence-corrected chi connectivity index (χ0v) is 30.1. The van der Waals surface area contributed by atoms with Gasteiger partial charge in [0.1, 0.15) is 5.75 Å². The van der Waals surface area contributed by atoms with Gasteiger partial charge in [0.25, 0.3) is 0 Å². The van der Waals surface area contributed by atoms with Crippen LogP contribution >= 0.6 is 11.6 Å². The second kappa shape index (κ2) is 13.8. The Morgan fingerprint density at radius 2 is 1.74 bits per heavy atom. The van der Waals surface area contributed by atoms with Gasteiger partial charge in [-0.3, -0.25) is 0 Å². The van der Waals surface area contributed by atoms with Gasteiger partial charge in [-0.05, 0) is 98.5 Å². The summed E-state index contributed by atoms with van der Waals surface area (Å²) in [4.78, 5) is 17.1. The summed E-state index contributed by atoms with van der Waals surface area (Å²) in [6.45, 7) is 9.49. The molecule has 9 nitrogen and oxygen atoms in total. The molecule has 8 atom stereocenters. The van der Waals surface area contributed by atoms with E-state index in [0.717, 1.165) is 84.1 Å². The van der Waals surface area contributed by atoms with Crippen LogP contribution in [0.3, 0.4) is 0 Å². The molecule has 5 aliphatic rings. The lowest BCUT2D eigenvalue weighted by Crippen LogP contribution is -2.70. The molecule has 0 radical (unpaired) electrons. The molecule has 1 aliphatic carbocycles. The van der Waals surface area contributed by atoms with Crippen LogP contribution in [-0.2, 0) is 37.1 Å². The third-order valence-corrected chi connectivity index (χ3v) is 11.9. The Hall–Kier alpha value is -3.02. The van der Waals surface area contributed by atoms with Crippen LogP contribution in [0, 0.1) is 23.7 Å². The molecule has 1 spiro atoms. The first-order valence-electron chi connectivity index (χ1n) is 18.2. The van der Waals surface area contributed by atoms with Crippen LogP contribution in [0.15, 0.2) is 60.7 Å². The third kappa shape index (κ3) is 6.25. The molecule has 4 saturated heterocycles. The van der Waals surface area contributed by atoms with Crippen LogP contribution in [0.25, 0.3) is 21.8 Å². The summed E-state index contributed by atoms with van der Waals surface area (Å²) in [5.74, 6) is 1.33. The number of hydrogen-bond acceptors (Lipinski definition) is 9. The molecule has 266 valence electrons. The average Bonchev–Trinajstić information content (AvgIpc) is 3.36. The fourth-order valence-corrected chi connectivity index (χ4v) is 9.03. The number of rotatable bonds is 11. The van der Waals surface area contributed by atoms with E-state index in [4.69, 9.17) is 45.3 Å². The first-order valence-corrected chi connectivity index (χ1v) is 18.6. The van der Waals surface area contributed by atoms with Crippen LogP contribution in [-0.4, -0.2) is 49.2 Å². The van der Waals surface area contributed by atoms with E-state index in [9.17, 15) is 0 Å². The van der Waals surface area contributed by atoms with E-state index in [2.05, 4.69) is 48.7 Å². The van der Waals surface area contributed by atoms with Crippen molar-refractivity contribution in [2.45, 2.75) is 90.0 Å². The SMILES string of the molecule is COc1ccc2nc3cc(Cl)ccc3c(NCCCNCc3ccc(CO[C@H]4O[C@@H]5O[C@@]6(C)CC[C@H]7[C@H](C)CC[C@@H]([C@H]4C)[C@@]57OO6)cc3)c2c1. The third-order valence-electron chi connectivity index (χ3n) is 11.6. The van der Waals surface area contributed by atoms with Crippen molar-refractivity contribution >= 4 is 39.1 Å². The first-order chi connectivity index (χ1) is 24.3. The second-order valence-electron chi connectivity index (χ2n) is 14.9. The van der Waals surface area contributed by atoms with E-state index in [1.807, 2.05) is 43.3 Å². The Bertz CT molecular complexity index is 1840. The van der Waals surface area contributed by atoms with Gasteiger partial charge in [-0.2, -0.15) is 0 Å². The number of anilines is 1. The summed E-state index contributed by atoms with van der Waals surface area (Å²) in [7, 11) is 1.68. The van der Waals surface area contributed by atoms with Gasteiger partial charge >= 0.3 is 0 Å². The van der Waals surface area contributed by atoms with Crippen molar-refractivity contribution in [1.82, 2.24) is 10.3 Å². The first kappa shape index (κ1) is 34.1. The van der Waals surface area contributed by atoms with E-state index in [1.165, 1.54) is 12.0 Å². The molecule has 4 aromatic rings. The largest absolute Gasteiger partial charge is 0.497 e. The van der Waals surface area contributed by atoms with Crippen LogP contribution in [0.5, 0.6) is 5.75 Å². The second-order valence-corrected chi connectivity index (χ2v) is 15.3. The van der Waals surface area contributed by atoms with E-state index in [-0.39, 0.29) is 18.1 Å². The monoisotopic (exact) mass is 701 g/mol. The number of hydrogen-bond donors (Lipinski definition) is 2. The highest BCUT2D eigenvalue weighted by Crippen LogP contribution is 2.60.